The van der Waals surface area contributed by atoms with E-state index < -0.39 is 29.1 Å². The third kappa shape index (κ3) is 5.65. The van der Waals surface area contributed by atoms with Gasteiger partial charge in [0.1, 0.15) is 17.0 Å². The van der Waals surface area contributed by atoms with Crippen LogP contribution >= 0.6 is 0 Å². The van der Waals surface area contributed by atoms with Crippen LogP contribution in [0.15, 0.2) is 46.8 Å². The number of ether oxygens (including phenoxy) is 3. The number of hydrogen-bond donors (Lipinski definition) is 1. The van der Waals surface area contributed by atoms with Gasteiger partial charge in [-0.05, 0) is 73.1 Å². The summed E-state index contributed by atoms with van der Waals surface area (Å²) < 4.78 is 16.6. The van der Waals surface area contributed by atoms with E-state index in [0.717, 1.165) is 5.56 Å². The molecule has 0 amide bonds. The number of methoxy groups -OCH3 is 1. The van der Waals surface area contributed by atoms with E-state index in [0.29, 0.717) is 28.3 Å². The Morgan fingerprint density at radius 3 is 1.53 bits per heavy atom. The SMILES string of the molecule is COc1ccc(C2C(C(=O)OC(C)(C)C)=C(C)NC(C)=C2C(=O)OC(C)(C)C)cc1. The van der Waals surface area contributed by atoms with Crippen LogP contribution in [-0.2, 0) is 19.1 Å². The van der Waals surface area contributed by atoms with Gasteiger partial charge in [-0.2, -0.15) is 0 Å². The summed E-state index contributed by atoms with van der Waals surface area (Å²) in [5, 5.41) is 3.17. The van der Waals surface area contributed by atoms with E-state index in [4.69, 9.17) is 14.2 Å². The summed E-state index contributed by atoms with van der Waals surface area (Å²) in [6, 6.07) is 7.32. The standard InChI is InChI=1S/C24H33NO5/c1-14-18(21(26)29-23(3,4)5)20(16-10-12-17(28-9)13-11-16)19(15(2)25-14)22(27)30-24(6,7)8/h10-13,20,25H,1-9H3. The predicted octanol–water partition coefficient (Wildman–Crippen LogP) is 4.61. The molecule has 1 N–H and O–H groups in total. The average Bonchev–Trinajstić information content (AvgIpc) is 2.57. The fourth-order valence-electron chi connectivity index (χ4n) is 3.33. The molecule has 0 aliphatic carbocycles. The van der Waals surface area contributed by atoms with Gasteiger partial charge in [0.2, 0.25) is 0 Å². The van der Waals surface area contributed by atoms with Crippen LogP contribution in [0.1, 0.15) is 66.9 Å². The summed E-state index contributed by atoms with van der Waals surface area (Å²) in [6.07, 6.45) is 0. The van der Waals surface area contributed by atoms with E-state index in [1.165, 1.54) is 0 Å². The van der Waals surface area contributed by atoms with E-state index >= 15 is 0 Å². The van der Waals surface area contributed by atoms with Gasteiger partial charge in [-0.25, -0.2) is 9.59 Å². The number of nitrogens with one attached hydrogen (secondary N) is 1. The number of carbonyl (C=O) groups is 2. The van der Waals surface area contributed by atoms with Crippen molar-refractivity contribution in [3.8, 4) is 5.75 Å². The Balaban J connectivity index is 2.63. The second kappa shape index (κ2) is 8.54. The van der Waals surface area contributed by atoms with E-state index in [-0.39, 0.29) is 0 Å². The maximum atomic E-state index is 13.2. The molecule has 1 heterocycles. The molecule has 0 unspecified atom stereocenters. The molecule has 1 aliphatic heterocycles. The zero-order valence-corrected chi connectivity index (χ0v) is 19.4. The highest BCUT2D eigenvalue weighted by atomic mass is 16.6. The number of dihydropyridines is 1. The van der Waals surface area contributed by atoms with Crippen molar-refractivity contribution in [3.05, 3.63) is 52.4 Å². The largest absolute Gasteiger partial charge is 0.497 e. The molecular weight excluding hydrogens is 382 g/mol. The van der Waals surface area contributed by atoms with E-state index in [2.05, 4.69) is 5.32 Å². The van der Waals surface area contributed by atoms with Crippen molar-refractivity contribution in [1.29, 1.82) is 0 Å². The predicted molar refractivity (Wildman–Crippen MR) is 116 cm³/mol. The second-order valence-electron chi connectivity index (χ2n) is 9.41. The molecule has 0 spiro atoms. The van der Waals surface area contributed by atoms with Crippen molar-refractivity contribution < 1.29 is 23.8 Å². The minimum absolute atomic E-state index is 0.390. The molecule has 1 aromatic rings. The van der Waals surface area contributed by atoms with Gasteiger partial charge in [0, 0.05) is 11.4 Å². The monoisotopic (exact) mass is 415 g/mol. The molecular formula is C24H33NO5. The molecule has 0 radical (unpaired) electrons. The van der Waals surface area contributed by atoms with Gasteiger partial charge in [0.15, 0.2) is 0 Å². The number of benzene rings is 1. The van der Waals surface area contributed by atoms with Crippen LogP contribution in [0.4, 0.5) is 0 Å². The molecule has 1 aliphatic rings. The lowest BCUT2D eigenvalue weighted by atomic mass is 9.80. The van der Waals surface area contributed by atoms with E-state index in [9.17, 15) is 9.59 Å². The van der Waals surface area contributed by atoms with Gasteiger partial charge < -0.3 is 19.5 Å². The van der Waals surface area contributed by atoms with Gasteiger partial charge in [-0.1, -0.05) is 12.1 Å². The van der Waals surface area contributed by atoms with Crippen LogP contribution in [0.2, 0.25) is 0 Å². The molecule has 6 heteroatoms. The maximum absolute atomic E-state index is 13.2. The summed E-state index contributed by atoms with van der Waals surface area (Å²) in [4.78, 5) is 26.3. The Hall–Kier alpha value is -2.76. The molecule has 1 aromatic carbocycles. The first-order valence-electron chi connectivity index (χ1n) is 10.0. The van der Waals surface area contributed by atoms with Crippen LogP contribution in [-0.4, -0.2) is 30.3 Å². The third-order valence-electron chi connectivity index (χ3n) is 4.45. The topological polar surface area (TPSA) is 73.9 Å². The highest BCUT2D eigenvalue weighted by Gasteiger charge is 2.39. The first-order valence-corrected chi connectivity index (χ1v) is 10.0. The molecule has 0 fully saturated rings. The smallest absolute Gasteiger partial charge is 0.337 e. The zero-order valence-electron chi connectivity index (χ0n) is 19.4. The Morgan fingerprint density at radius 2 is 1.20 bits per heavy atom. The van der Waals surface area contributed by atoms with Crippen LogP contribution < -0.4 is 10.1 Å². The quantitative estimate of drug-likeness (QED) is 0.724. The molecule has 0 saturated carbocycles. The number of hydrogen-bond acceptors (Lipinski definition) is 6. The molecule has 0 atom stereocenters. The van der Waals surface area contributed by atoms with Gasteiger partial charge in [-0.15, -0.1) is 0 Å². The number of esters is 2. The number of carbonyl (C=O) groups excluding carboxylic acids is 2. The number of rotatable bonds is 4. The van der Waals surface area contributed by atoms with Crippen LogP contribution in [0.5, 0.6) is 5.75 Å². The van der Waals surface area contributed by atoms with Crippen molar-refractivity contribution >= 4 is 11.9 Å². The molecule has 0 bridgehead atoms. The fourth-order valence-corrected chi connectivity index (χ4v) is 3.33. The lowest BCUT2D eigenvalue weighted by Gasteiger charge is -2.33. The molecule has 6 nitrogen and oxygen atoms in total. The normalized spacial score (nSPS) is 15.6. The lowest BCUT2D eigenvalue weighted by Crippen LogP contribution is -2.36. The summed E-state index contributed by atoms with van der Waals surface area (Å²) in [6.45, 7) is 14.5. The number of allylic oxidation sites excluding steroid dienone is 2. The lowest BCUT2D eigenvalue weighted by molar-refractivity contribution is -0.150. The average molecular weight is 416 g/mol. The summed E-state index contributed by atoms with van der Waals surface area (Å²) in [7, 11) is 1.59. The zero-order chi connectivity index (χ0) is 22.9. The van der Waals surface area contributed by atoms with Gasteiger partial charge in [0.05, 0.1) is 24.2 Å². The van der Waals surface area contributed by atoms with Crippen molar-refractivity contribution in [2.75, 3.05) is 7.11 Å². The summed E-state index contributed by atoms with van der Waals surface area (Å²) in [5.41, 5.74) is 1.51. The Bertz CT molecular complexity index is 830. The minimum Gasteiger partial charge on any atom is -0.497 e. The summed E-state index contributed by atoms with van der Waals surface area (Å²) in [5.74, 6) is -0.877. The molecule has 0 aromatic heterocycles. The van der Waals surface area contributed by atoms with E-state index in [1.54, 1.807) is 7.11 Å². The van der Waals surface area contributed by atoms with Crippen molar-refractivity contribution in [2.45, 2.75) is 72.5 Å². The minimum atomic E-state index is -0.670. The van der Waals surface area contributed by atoms with Crippen molar-refractivity contribution in [2.24, 2.45) is 0 Å². The fraction of sp³-hybridized carbons (Fsp3) is 0.500. The molecule has 2 rings (SSSR count). The van der Waals surface area contributed by atoms with Crippen LogP contribution in [0, 0.1) is 0 Å². The highest BCUT2D eigenvalue weighted by molar-refractivity contribution is 6.00. The van der Waals surface area contributed by atoms with Crippen molar-refractivity contribution in [1.82, 2.24) is 5.32 Å². The summed E-state index contributed by atoms with van der Waals surface area (Å²) >= 11 is 0. The third-order valence-corrected chi connectivity index (χ3v) is 4.45. The van der Waals surface area contributed by atoms with Crippen LogP contribution in [0.3, 0.4) is 0 Å². The van der Waals surface area contributed by atoms with Crippen molar-refractivity contribution in [3.63, 3.8) is 0 Å². The van der Waals surface area contributed by atoms with E-state index in [1.807, 2.05) is 79.7 Å². The highest BCUT2D eigenvalue weighted by Crippen LogP contribution is 2.40. The van der Waals surface area contributed by atoms with Gasteiger partial charge in [-0.3, -0.25) is 0 Å². The first-order chi connectivity index (χ1) is 13.7. The van der Waals surface area contributed by atoms with Gasteiger partial charge >= 0.3 is 11.9 Å². The Kier molecular flexibility index (Phi) is 6.70. The Labute approximate surface area is 179 Å². The molecule has 30 heavy (non-hydrogen) atoms. The van der Waals surface area contributed by atoms with Crippen LogP contribution in [0.25, 0.3) is 0 Å². The van der Waals surface area contributed by atoms with Gasteiger partial charge in [0.25, 0.3) is 0 Å². The first kappa shape index (κ1) is 23.5. The second-order valence-corrected chi connectivity index (χ2v) is 9.41. The maximum Gasteiger partial charge on any atom is 0.337 e. The molecule has 164 valence electrons. The molecule has 0 saturated heterocycles. The Morgan fingerprint density at radius 1 is 0.800 bits per heavy atom.